The molecule has 3 rings (SSSR count). The molecule has 10 heteroatoms. The van der Waals surface area contributed by atoms with Gasteiger partial charge in [0.2, 0.25) is 5.95 Å². The quantitative estimate of drug-likeness (QED) is 0.473. The number of hydrogen-bond acceptors (Lipinski definition) is 5. The van der Waals surface area contributed by atoms with E-state index in [4.69, 9.17) is 0 Å². The van der Waals surface area contributed by atoms with Crippen LogP contribution in [-0.2, 0) is 6.18 Å². The van der Waals surface area contributed by atoms with Gasteiger partial charge in [0.25, 0.3) is 0 Å². The molecule has 0 unspecified atom stereocenters. The Balaban J connectivity index is 1.71. The van der Waals surface area contributed by atoms with Gasteiger partial charge in [-0.1, -0.05) is 30.3 Å². The second kappa shape index (κ2) is 9.61. The molecule has 3 aromatic rings. The molecule has 2 amide bonds. The van der Waals surface area contributed by atoms with Crippen molar-refractivity contribution in [2.45, 2.75) is 12.6 Å². The zero-order valence-electron chi connectivity index (χ0n) is 17.1. The molecular formula is C21H23F3N6O. The fourth-order valence-electron chi connectivity index (χ4n) is 2.88. The highest BCUT2D eigenvalue weighted by molar-refractivity contribution is 6.00. The standard InChI is InChI=1S/C21H23F3N6O/c1-30(2)11-5-10-25-18-13-17(21(22,23)24)27-19(28-18)29-20(31)26-16-9-8-14-6-3-4-7-15(14)12-16/h3-4,6-9,12-13H,5,10-11H2,1-2H3,(H3,25,26,27,28,29,31). The first-order valence-corrected chi connectivity index (χ1v) is 9.62. The summed E-state index contributed by atoms with van der Waals surface area (Å²) in [6.45, 7) is 1.19. The summed E-state index contributed by atoms with van der Waals surface area (Å²) >= 11 is 0. The number of urea groups is 1. The number of hydrogen-bond donors (Lipinski definition) is 3. The molecule has 7 nitrogen and oxygen atoms in total. The van der Waals surface area contributed by atoms with Crippen molar-refractivity contribution < 1.29 is 18.0 Å². The molecule has 0 bridgehead atoms. The van der Waals surface area contributed by atoms with Crippen LogP contribution in [0.2, 0.25) is 0 Å². The predicted octanol–water partition coefficient (Wildman–Crippen LogP) is 4.66. The number of anilines is 3. The Labute approximate surface area is 177 Å². The minimum absolute atomic E-state index is 0.0120. The number of carbonyl (C=O) groups excluding carboxylic acids is 1. The molecule has 1 heterocycles. The van der Waals surface area contributed by atoms with E-state index in [1.54, 1.807) is 12.1 Å². The van der Waals surface area contributed by atoms with Gasteiger partial charge in [-0.25, -0.2) is 9.78 Å². The van der Waals surface area contributed by atoms with E-state index >= 15 is 0 Å². The van der Waals surface area contributed by atoms with Crippen molar-refractivity contribution in [2.75, 3.05) is 43.1 Å². The minimum Gasteiger partial charge on any atom is -0.370 e. The first-order valence-electron chi connectivity index (χ1n) is 9.62. The number of rotatable bonds is 7. The molecule has 0 spiro atoms. The maximum absolute atomic E-state index is 13.2. The monoisotopic (exact) mass is 432 g/mol. The lowest BCUT2D eigenvalue weighted by atomic mass is 10.1. The SMILES string of the molecule is CN(C)CCCNc1cc(C(F)(F)F)nc(NC(=O)Nc2ccc3ccccc3c2)n1. The maximum atomic E-state index is 13.2. The van der Waals surface area contributed by atoms with E-state index in [-0.39, 0.29) is 5.82 Å². The molecular weight excluding hydrogens is 409 g/mol. The molecule has 0 saturated carbocycles. The van der Waals surface area contributed by atoms with Gasteiger partial charge in [0, 0.05) is 18.3 Å². The normalized spacial score (nSPS) is 11.5. The van der Waals surface area contributed by atoms with Crippen molar-refractivity contribution in [1.82, 2.24) is 14.9 Å². The lowest BCUT2D eigenvalue weighted by Gasteiger charge is -2.14. The van der Waals surface area contributed by atoms with Crippen LogP contribution >= 0.6 is 0 Å². The summed E-state index contributed by atoms with van der Waals surface area (Å²) < 4.78 is 39.7. The van der Waals surface area contributed by atoms with Gasteiger partial charge in [-0.3, -0.25) is 5.32 Å². The minimum atomic E-state index is -4.67. The molecule has 0 aliphatic heterocycles. The molecule has 3 N–H and O–H groups in total. The summed E-state index contributed by atoms with van der Waals surface area (Å²) in [6, 6.07) is 13.0. The fourth-order valence-corrected chi connectivity index (χ4v) is 2.88. The van der Waals surface area contributed by atoms with Crippen LogP contribution in [0.1, 0.15) is 12.1 Å². The van der Waals surface area contributed by atoms with Gasteiger partial charge in [0.15, 0.2) is 5.69 Å². The summed E-state index contributed by atoms with van der Waals surface area (Å²) in [4.78, 5) is 21.7. The Kier molecular flexibility index (Phi) is 6.91. The van der Waals surface area contributed by atoms with Crippen LogP contribution in [0.3, 0.4) is 0 Å². The van der Waals surface area contributed by atoms with E-state index in [0.29, 0.717) is 18.7 Å². The molecule has 0 aliphatic rings. The van der Waals surface area contributed by atoms with Gasteiger partial charge in [-0.2, -0.15) is 18.2 Å². The summed E-state index contributed by atoms with van der Waals surface area (Å²) in [6.07, 6.45) is -3.96. The first kappa shape index (κ1) is 22.3. The summed E-state index contributed by atoms with van der Waals surface area (Å²) in [5, 5.41) is 9.63. The van der Waals surface area contributed by atoms with Crippen LogP contribution in [0.25, 0.3) is 10.8 Å². The van der Waals surface area contributed by atoms with Crippen molar-refractivity contribution in [3.63, 3.8) is 0 Å². The molecule has 31 heavy (non-hydrogen) atoms. The lowest BCUT2D eigenvalue weighted by molar-refractivity contribution is -0.141. The number of carbonyl (C=O) groups is 1. The zero-order valence-corrected chi connectivity index (χ0v) is 17.1. The number of amides is 2. The number of benzene rings is 2. The largest absolute Gasteiger partial charge is 0.433 e. The average molecular weight is 432 g/mol. The second-order valence-electron chi connectivity index (χ2n) is 7.18. The molecule has 0 radical (unpaired) electrons. The smallest absolute Gasteiger partial charge is 0.370 e. The van der Waals surface area contributed by atoms with E-state index < -0.39 is 23.8 Å². The van der Waals surface area contributed by atoms with Gasteiger partial charge in [-0.05, 0) is 50.0 Å². The third-order valence-electron chi connectivity index (χ3n) is 4.34. The highest BCUT2D eigenvalue weighted by atomic mass is 19.4. The Morgan fingerprint density at radius 1 is 1.00 bits per heavy atom. The molecule has 2 aromatic carbocycles. The van der Waals surface area contributed by atoms with Crippen molar-refractivity contribution in [3.05, 3.63) is 54.2 Å². The zero-order chi connectivity index (χ0) is 22.4. The number of alkyl halides is 3. The summed E-state index contributed by atoms with van der Waals surface area (Å²) in [7, 11) is 3.81. The van der Waals surface area contributed by atoms with Crippen molar-refractivity contribution in [1.29, 1.82) is 0 Å². The van der Waals surface area contributed by atoms with Crippen molar-refractivity contribution >= 4 is 34.3 Å². The molecule has 1 aromatic heterocycles. The number of aromatic nitrogens is 2. The van der Waals surface area contributed by atoms with E-state index in [9.17, 15) is 18.0 Å². The lowest BCUT2D eigenvalue weighted by Crippen LogP contribution is -2.23. The Morgan fingerprint density at radius 3 is 2.45 bits per heavy atom. The van der Waals surface area contributed by atoms with Gasteiger partial charge in [0.1, 0.15) is 5.82 Å². The molecule has 0 atom stereocenters. The Hall–Kier alpha value is -3.40. The second-order valence-corrected chi connectivity index (χ2v) is 7.18. The molecule has 0 aliphatic carbocycles. The van der Waals surface area contributed by atoms with Gasteiger partial charge in [0.05, 0.1) is 0 Å². The van der Waals surface area contributed by atoms with Crippen LogP contribution in [0.5, 0.6) is 0 Å². The average Bonchev–Trinajstić information content (AvgIpc) is 2.70. The number of nitrogens with one attached hydrogen (secondary N) is 3. The number of fused-ring (bicyclic) bond motifs is 1. The number of nitrogens with zero attached hydrogens (tertiary/aromatic N) is 3. The van der Waals surface area contributed by atoms with E-state index in [1.807, 2.05) is 49.3 Å². The summed E-state index contributed by atoms with van der Waals surface area (Å²) in [5.74, 6) is -0.453. The summed E-state index contributed by atoms with van der Waals surface area (Å²) in [5.41, 5.74) is -0.649. The van der Waals surface area contributed by atoms with Crippen LogP contribution in [0.4, 0.5) is 35.4 Å². The first-order chi connectivity index (χ1) is 14.7. The third kappa shape index (κ3) is 6.54. The predicted molar refractivity (Wildman–Crippen MR) is 115 cm³/mol. The van der Waals surface area contributed by atoms with Gasteiger partial charge >= 0.3 is 12.2 Å². The van der Waals surface area contributed by atoms with Crippen molar-refractivity contribution in [2.24, 2.45) is 0 Å². The van der Waals surface area contributed by atoms with Crippen molar-refractivity contribution in [3.8, 4) is 0 Å². The maximum Gasteiger partial charge on any atom is 0.433 e. The molecule has 0 saturated heterocycles. The van der Waals surface area contributed by atoms with Gasteiger partial charge < -0.3 is 15.5 Å². The topological polar surface area (TPSA) is 82.2 Å². The fraction of sp³-hybridized carbons (Fsp3) is 0.286. The van der Waals surface area contributed by atoms with Gasteiger partial charge in [-0.15, -0.1) is 0 Å². The van der Waals surface area contributed by atoms with Crippen LogP contribution in [-0.4, -0.2) is 48.1 Å². The highest BCUT2D eigenvalue weighted by Crippen LogP contribution is 2.29. The number of halogens is 3. The highest BCUT2D eigenvalue weighted by Gasteiger charge is 2.34. The Bertz CT molecular complexity index is 1050. The van der Waals surface area contributed by atoms with E-state index in [0.717, 1.165) is 23.4 Å². The van der Waals surface area contributed by atoms with Crippen LogP contribution in [0.15, 0.2) is 48.5 Å². The molecule has 0 fully saturated rings. The van der Waals surface area contributed by atoms with Crippen LogP contribution < -0.4 is 16.0 Å². The van der Waals surface area contributed by atoms with E-state index in [1.165, 1.54) is 0 Å². The Morgan fingerprint density at radius 2 is 1.74 bits per heavy atom. The third-order valence-corrected chi connectivity index (χ3v) is 4.34. The molecule has 164 valence electrons. The van der Waals surface area contributed by atoms with E-state index in [2.05, 4.69) is 25.9 Å². The van der Waals surface area contributed by atoms with Crippen LogP contribution in [0, 0.1) is 0 Å².